The fourth-order valence-corrected chi connectivity index (χ4v) is 1.54. The second kappa shape index (κ2) is 6.01. The predicted octanol–water partition coefficient (Wildman–Crippen LogP) is -1.28. The van der Waals surface area contributed by atoms with Crippen LogP contribution in [-0.2, 0) is 6.54 Å². The maximum absolute atomic E-state index is 10.8. The second-order valence-corrected chi connectivity index (χ2v) is 3.56. The molecule has 3 nitrogen and oxygen atoms in total. The fraction of sp³-hybridized carbons (Fsp3) is 0.0769. The SMILES string of the molecule is O=C(O)c1ccc[n+](Cc2ccccc2)c1.[Cl-]. The Morgan fingerprint density at radius 3 is 2.47 bits per heavy atom. The van der Waals surface area contributed by atoms with Gasteiger partial charge >= 0.3 is 5.97 Å². The Kier molecular flexibility index (Phi) is 4.67. The van der Waals surface area contributed by atoms with Gasteiger partial charge in [0.15, 0.2) is 18.9 Å². The zero-order valence-corrected chi connectivity index (χ0v) is 9.84. The Labute approximate surface area is 106 Å². The molecule has 0 aliphatic carbocycles. The third-order valence-electron chi connectivity index (χ3n) is 2.31. The van der Waals surface area contributed by atoms with Crippen LogP contribution in [-0.4, -0.2) is 11.1 Å². The third-order valence-corrected chi connectivity index (χ3v) is 2.31. The molecule has 0 aliphatic heterocycles. The van der Waals surface area contributed by atoms with Crippen molar-refractivity contribution in [2.24, 2.45) is 0 Å². The molecular formula is C13H12ClNO2. The molecule has 0 aliphatic rings. The number of aromatic nitrogens is 1. The molecule has 88 valence electrons. The standard InChI is InChI=1S/C13H11NO2.ClH/c15-13(16)12-7-4-8-14(10-12)9-11-5-2-1-3-6-11;/h1-8,10H,9H2;1H. The van der Waals surface area contributed by atoms with Gasteiger partial charge < -0.3 is 17.5 Å². The van der Waals surface area contributed by atoms with Gasteiger partial charge in [-0.05, 0) is 6.07 Å². The van der Waals surface area contributed by atoms with E-state index in [-0.39, 0.29) is 12.4 Å². The first-order chi connectivity index (χ1) is 7.75. The van der Waals surface area contributed by atoms with Gasteiger partial charge in [0.1, 0.15) is 5.56 Å². The summed E-state index contributed by atoms with van der Waals surface area (Å²) in [5, 5.41) is 8.86. The van der Waals surface area contributed by atoms with E-state index in [9.17, 15) is 4.79 Å². The molecule has 1 heterocycles. The van der Waals surface area contributed by atoms with Crippen LogP contribution in [0.25, 0.3) is 0 Å². The summed E-state index contributed by atoms with van der Waals surface area (Å²) in [6.45, 7) is 0.682. The highest BCUT2D eigenvalue weighted by molar-refractivity contribution is 5.86. The molecule has 0 saturated carbocycles. The highest BCUT2D eigenvalue weighted by Crippen LogP contribution is 1.99. The number of benzene rings is 1. The zero-order chi connectivity index (χ0) is 11.4. The van der Waals surface area contributed by atoms with Crippen LogP contribution in [0.3, 0.4) is 0 Å². The summed E-state index contributed by atoms with van der Waals surface area (Å²) < 4.78 is 1.86. The van der Waals surface area contributed by atoms with Gasteiger partial charge in [-0.1, -0.05) is 30.3 Å². The summed E-state index contributed by atoms with van der Waals surface area (Å²) in [7, 11) is 0. The molecule has 4 heteroatoms. The fourth-order valence-electron chi connectivity index (χ4n) is 1.54. The molecule has 0 amide bonds. The minimum Gasteiger partial charge on any atom is -1.00 e. The molecule has 0 bridgehead atoms. The number of carboxylic acid groups (broad SMARTS) is 1. The number of carbonyl (C=O) groups is 1. The lowest BCUT2D eigenvalue weighted by atomic mass is 10.2. The molecule has 0 spiro atoms. The second-order valence-electron chi connectivity index (χ2n) is 3.56. The van der Waals surface area contributed by atoms with E-state index in [2.05, 4.69) is 0 Å². The first-order valence-corrected chi connectivity index (χ1v) is 5.02. The van der Waals surface area contributed by atoms with Crippen molar-refractivity contribution in [3.63, 3.8) is 0 Å². The number of rotatable bonds is 3. The summed E-state index contributed by atoms with van der Waals surface area (Å²) >= 11 is 0. The van der Waals surface area contributed by atoms with E-state index in [1.54, 1.807) is 18.3 Å². The van der Waals surface area contributed by atoms with Gasteiger partial charge in [-0.3, -0.25) is 0 Å². The third kappa shape index (κ3) is 3.57. The molecule has 0 fully saturated rings. The number of hydrogen-bond acceptors (Lipinski definition) is 1. The Balaban J connectivity index is 0.00000144. The van der Waals surface area contributed by atoms with Crippen LogP contribution in [0.2, 0.25) is 0 Å². The van der Waals surface area contributed by atoms with Crippen molar-refractivity contribution in [2.75, 3.05) is 0 Å². The van der Waals surface area contributed by atoms with Crippen molar-refractivity contribution in [3.8, 4) is 0 Å². The molecule has 2 aromatic rings. The normalized spacial score (nSPS) is 9.41. The highest BCUT2D eigenvalue weighted by Gasteiger charge is 2.08. The smallest absolute Gasteiger partial charge is 0.341 e. The zero-order valence-electron chi connectivity index (χ0n) is 9.08. The van der Waals surface area contributed by atoms with Crippen LogP contribution >= 0.6 is 0 Å². The van der Waals surface area contributed by atoms with Gasteiger partial charge in [0.05, 0.1) is 0 Å². The summed E-state index contributed by atoms with van der Waals surface area (Å²) in [5.41, 5.74) is 1.45. The van der Waals surface area contributed by atoms with Crippen LogP contribution < -0.4 is 17.0 Å². The van der Waals surface area contributed by atoms with Gasteiger partial charge in [0, 0.05) is 11.6 Å². The summed E-state index contributed by atoms with van der Waals surface area (Å²) in [6.07, 6.45) is 3.49. The van der Waals surface area contributed by atoms with Crippen molar-refractivity contribution < 1.29 is 26.9 Å². The van der Waals surface area contributed by atoms with Crippen LogP contribution in [0.15, 0.2) is 54.9 Å². The first kappa shape index (κ1) is 13.2. The van der Waals surface area contributed by atoms with Gasteiger partial charge in [-0.25, -0.2) is 4.79 Å². The van der Waals surface area contributed by atoms with Crippen LogP contribution in [0.1, 0.15) is 15.9 Å². The molecule has 0 atom stereocenters. The number of nitrogens with zero attached hydrogens (tertiary/aromatic N) is 1. The Morgan fingerprint density at radius 1 is 1.12 bits per heavy atom. The molecule has 1 aromatic heterocycles. The van der Waals surface area contributed by atoms with Crippen LogP contribution in [0.4, 0.5) is 0 Å². The Morgan fingerprint density at radius 2 is 1.82 bits per heavy atom. The Bertz CT molecular complexity index is 500. The van der Waals surface area contributed by atoms with Gasteiger partial charge in [-0.2, -0.15) is 4.57 Å². The molecule has 0 saturated heterocycles. The van der Waals surface area contributed by atoms with E-state index in [0.29, 0.717) is 12.1 Å². The first-order valence-electron chi connectivity index (χ1n) is 5.02. The van der Waals surface area contributed by atoms with E-state index in [1.807, 2.05) is 41.1 Å². The maximum Gasteiger partial charge on any atom is 0.341 e. The largest absolute Gasteiger partial charge is 1.00 e. The summed E-state index contributed by atoms with van der Waals surface area (Å²) in [6, 6.07) is 13.3. The van der Waals surface area contributed by atoms with Crippen LogP contribution in [0, 0.1) is 0 Å². The molecule has 0 unspecified atom stereocenters. The topological polar surface area (TPSA) is 41.2 Å². The minimum atomic E-state index is -0.901. The van der Waals surface area contributed by atoms with Crippen molar-refractivity contribution in [1.29, 1.82) is 0 Å². The highest BCUT2D eigenvalue weighted by atomic mass is 35.5. The molecule has 1 aromatic carbocycles. The monoisotopic (exact) mass is 249 g/mol. The van der Waals surface area contributed by atoms with Gasteiger partial charge in [-0.15, -0.1) is 0 Å². The maximum atomic E-state index is 10.8. The van der Waals surface area contributed by atoms with Crippen molar-refractivity contribution >= 4 is 5.97 Å². The summed E-state index contributed by atoms with van der Waals surface area (Å²) in [4.78, 5) is 10.8. The van der Waals surface area contributed by atoms with E-state index < -0.39 is 5.97 Å². The van der Waals surface area contributed by atoms with E-state index in [4.69, 9.17) is 5.11 Å². The van der Waals surface area contributed by atoms with E-state index in [1.165, 1.54) is 0 Å². The lowest BCUT2D eigenvalue weighted by molar-refractivity contribution is -0.688. The van der Waals surface area contributed by atoms with Crippen molar-refractivity contribution in [3.05, 3.63) is 66.0 Å². The van der Waals surface area contributed by atoms with E-state index in [0.717, 1.165) is 5.56 Å². The quantitative estimate of drug-likeness (QED) is 0.689. The molecule has 2 rings (SSSR count). The van der Waals surface area contributed by atoms with Gasteiger partial charge in [0.25, 0.3) is 0 Å². The number of hydrogen-bond donors (Lipinski definition) is 1. The molecule has 1 N–H and O–H groups in total. The average molecular weight is 250 g/mol. The molecule has 0 radical (unpaired) electrons. The Hall–Kier alpha value is -1.87. The van der Waals surface area contributed by atoms with Gasteiger partial charge in [0.2, 0.25) is 0 Å². The van der Waals surface area contributed by atoms with E-state index >= 15 is 0 Å². The lowest BCUT2D eigenvalue weighted by Crippen LogP contribution is -3.00. The number of carboxylic acids is 1. The minimum absolute atomic E-state index is 0. The average Bonchev–Trinajstić information content (AvgIpc) is 2.30. The van der Waals surface area contributed by atoms with Crippen molar-refractivity contribution in [2.45, 2.75) is 6.54 Å². The number of halogens is 1. The van der Waals surface area contributed by atoms with Crippen LogP contribution in [0.5, 0.6) is 0 Å². The number of pyridine rings is 1. The molecule has 17 heavy (non-hydrogen) atoms. The summed E-state index contributed by atoms with van der Waals surface area (Å²) in [5.74, 6) is -0.901. The molecular weight excluding hydrogens is 238 g/mol. The lowest BCUT2D eigenvalue weighted by Gasteiger charge is -1.98. The van der Waals surface area contributed by atoms with Crippen molar-refractivity contribution in [1.82, 2.24) is 0 Å². The predicted molar refractivity (Wildman–Crippen MR) is 59.1 cm³/mol. The number of aromatic carboxylic acids is 1.